The maximum atomic E-state index is 12.6. The summed E-state index contributed by atoms with van der Waals surface area (Å²) in [5, 5.41) is 0. The largest absolute Gasteiger partial charge is 0.416 e. The van der Waals surface area contributed by atoms with Crippen LogP contribution < -0.4 is 0 Å². The van der Waals surface area contributed by atoms with E-state index in [0.717, 1.165) is 23.5 Å². The minimum atomic E-state index is -4.37. The molecule has 0 bridgehead atoms. The Morgan fingerprint density at radius 3 is 2.44 bits per heavy atom. The first kappa shape index (κ1) is 13.3. The molecule has 0 N–H and O–H groups in total. The van der Waals surface area contributed by atoms with E-state index >= 15 is 0 Å². The molecule has 0 aliphatic heterocycles. The zero-order valence-electron chi connectivity index (χ0n) is 8.79. The molecule has 0 aliphatic carbocycles. The van der Waals surface area contributed by atoms with Crippen molar-refractivity contribution >= 4 is 33.6 Å². The molecule has 2 aromatic rings. The number of aldehydes is 1. The van der Waals surface area contributed by atoms with Gasteiger partial charge in [0, 0.05) is 14.9 Å². The van der Waals surface area contributed by atoms with Gasteiger partial charge < -0.3 is 0 Å². The summed E-state index contributed by atoms with van der Waals surface area (Å²) in [5.41, 5.74) is -0.273. The Bertz CT molecular complexity index is 589. The highest BCUT2D eigenvalue weighted by atomic mass is 79.9. The molecule has 1 nitrogen and oxygen atoms in total. The van der Waals surface area contributed by atoms with Crippen molar-refractivity contribution in [3.8, 4) is 10.4 Å². The second kappa shape index (κ2) is 4.85. The van der Waals surface area contributed by atoms with E-state index in [1.54, 1.807) is 12.1 Å². The van der Waals surface area contributed by atoms with Crippen LogP contribution in [-0.2, 0) is 6.18 Å². The van der Waals surface area contributed by atoms with Crippen LogP contribution in [0.25, 0.3) is 10.4 Å². The Morgan fingerprint density at radius 1 is 1.17 bits per heavy atom. The second-order valence-corrected chi connectivity index (χ2v) is 5.48. The molecule has 0 radical (unpaired) electrons. The zero-order chi connectivity index (χ0) is 13.3. The summed E-state index contributed by atoms with van der Waals surface area (Å²) in [4.78, 5) is 11.7. The molecule has 0 atom stereocenters. The van der Waals surface area contributed by atoms with Crippen molar-refractivity contribution < 1.29 is 18.0 Å². The van der Waals surface area contributed by atoms with Crippen LogP contribution in [0.2, 0.25) is 0 Å². The van der Waals surface area contributed by atoms with Crippen LogP contribution in [0.4, 0.5) is 13.2 Å². The highest BCUT2D eigenvalue weighted by Crippen LogP contribution is 2.38. The van der Waals surface area contributed by atoms with Gasteiger partial charge in [-0.2, -0.15) is 13.2 Å². The topological polar surface area (TPSA) is 17.1 Å². The predicted molar refractivity (Wildman–Crippen MR) is 67.8 cm³/mol. The Labute approximate surface area is 113 Å². The number of halogens is 4. The van der Waals surface area contributed by atoms with Crippen LogP contribution in [0, 0.1) is 0 Å². The second-order valence-electron chi connectivity index (χ2n) is 3.51. The molecular formula is C12H6BrF3OS. The highest BCUT2D eigenvalue weighted by molar-refractivity contribution is 9.10. The van der Waals surface area contributed by atoms with E-state index in [4.69, 9.17) is 0 Å². The normalized spacial score (nSPS) is 11.6. The van der Waals surface area contributed by atoms with Crippen LogP contribution >= 0.6 is 27.3 Å². The Morgan fingerprint density at radius 2 is 1.89 bits per heavy atom. The Balaban J connectivity index is 2.52. The standard InChI is InChI=1S/C12H6BrF3OS/c13-10-3-1-7(12(14,15)16)5-9(10)11-4-2-8(6-17)18-11/h1-6H. The summed E-state index contributed by atoms with van der Waals surface area (Å²) in [5.74, 6) is 0. The minimum Gasteiger partial charge on any atom is -0.297 e. The molecule has 0 saturated carbocycles. The van der Waals surface area contributed by atoms with E-state index in [0.29, 0.717) is 26.1 Å². The van der Waals surface area contributed by atoms with Crippen molar-refractivity contribution in [1.82, 2.24) is 0 Å². The smallest absolute Gasteiger partial charge is 0.297 e. The maximum Gasteiger partial charge on any atom is 0.416 e. The van der Waals surface area contributed by atoms with Crippen molar-refractivity contribution in [2.75, 3.05) is 0 Å². The maximum absolute atomic E-state index is 12.6. The molecular weight excluding hydrogens is 329 g/mol. The molecule has 18 heavy (non-hydrogen) atoms. The van der Waals surface area contributed by atoms with Gasteiger partial charge in [-0.1, -0.05) is 15.9 Å². The molecule has 1 heterocycles. The van der Waals surface area contributed by atoms with E-state index in [2.05, 4.69) is 15.9 Å². The van der Waals surface area contributed by atoms with Gasteiger partial charge in [-0.15, -0.1) is 11.3 Å². The van der Waals surface area contributed by atoms with Gasteiger partial charge in [0.05, 0.1) is 10.4 Å². The van der Waals surface area contributed by atoms with Gasteiger partial charge in [0.2, 0.25) is 0 Å². The number of hydrogen-bond donors (Lipinski definition) is 0. The van der Waals surface area contributed by atoms with Gasteiger partial charge in [-0.25, -0.2) is 0 Å². The molecule has 0 saturated heterocycles. The third-order valence-electron chi connectivity index (χ3n) is 2.30. The SMILES string of the molecule is O=Cc1ccc(-c2cc(C(F)(F)F)ccc2Br)s1. The molecule has 94 valence electrons. The van der Waals surface area contributed by atoms with Crippen molar-refractivity contribution in [1.29, 1.82) is 0 Å². The molecule has 0 aliphatic rings. The summed E-state index contributed by atoms with van der Waals surface area (Å²) in [6, 6.07) is 6.67. The molecule has 0 spiro atoms. The molecule has 0 unspecified atom stereocenters. The lowest BCUT2D eigenvalue weighted by atomic mass is 10.1. The Hall–Kier alpha value is -1.14. The summed E-state index contributed by atoms with van der Waals surface area (Å²) in [6.07, 6.45) is -3.70. The van der Waals surface area contributed by atoms with Crippen molar-refractivity contribution in [3.05, 3.63) is 45.2 Å². The van der Waals surface area contributed by atoms with E-state index in [-0.39, 0.29) is 0 Å². The average Bonchev–Trinajstić information content (AvgIpc) is 2.76. The van der Waals surface area contributed by atoms with Crippen molar-refractivity contribution in [2.24, 2.45) is 0 Å². The summed E-state index contributed by atoms with van der Waals surface area (Å²) in [7, 11) is 0. The number of carbonyl (C=O) groups excluding carboxylic acids is 1. The molecule has 0 amide bonds. The number of carbonyl (C=O) groups is 1. The first-order chi connectivity index (χ1) is 8.41. The summed E-state index contributed by atoms with van der Waals surface area (Å²) < 4.78 is 38.4. The predicted octanol–water partition coefficient (Wildman–Crippen LogP) is 5.01. The van der Waals surface area contributed by atoms with E-state index in [1.807, 2.05) is 0 Å². The number of thiophene rings is 1. The third kappa shape index (κ3) is 2.64. The summed E-state index contributed by atoms with van der Waals surface area (Å²) in [6.45, 7) is 0. The van der Waals surface area contributed by atoms with Crippen LogP contribution in [0.1, 0.15) is 15.2 Å². The first-order valence-corrected chi connectivity index (χ1v) is 6.45. The molecule has 2 rings (SSSR count). The summed E-state index contributed by atoms with van der Waals surface area (Å²) >= 11 is 4.37. The number of benzene rings is 1. The number of hydrogen-bond acceptors (Lipinski definition) is 2. The van der Waals surface area contributed by atoms with Crippen LogP contribution in [-0.4, -0.2) is 6.29 Å². The highest BCUT2D eigenvalue weighted by Gasteiger charge is 2.31. The van der Waals surface area contributed by atoms with Gasteiger partial charge in [0.15, 0.2) is 6.29 Å². The first-order valence-electron chi connectivity index (χ1n) is 4.84. The van der Waals surface area contributed by atoms with E-state index < -0.39 is 11.7 Å². The zero-order valence-corrected chi connectivity index (χ0v) is 11.2. The lowest BCUT2D eigenvalue weighted by Gasteiger charge is -2.09. The average molecular weight is 335 g/mol. The van der Waals surface area contributed by atoms with E-state index in [1.165, 1.54) is 6.07 Å². The fourth-order valence-electron chi connectivity index (χ4n) is 1.45. The quantitative estimate of drug-likeness (QED) is 0.705. The molecule has 1 aromatic carbocycles. The van der Waals surface area contributed by atoms with Gasteiger partial charge in [0.25, 0.3) is 0 Å². The monoisotopic (exact) mass is 334 g/mol. The van der Waals surface area contributed by atoms with Crippen LogP contribution in [0.3, 0.4) is 0 Å². The van der Waals surface area contributed by atoms with Crippen molar-refractivity contribution in [2.45, 2.75) is 6.18 Å². The molecule has 1 aromatic heterocycles. The lowest BCUT2D eigenvalue weighted by molar-refractivity contribution is -0.137. The fraction of sp³-hybridized carbons (Fsp3) is 0.0833. The minimum absolute atomic E-state index is 0.433. The third-order valence-corrected chi connectivity index (χ3v) is 4.04. The molecule has 6 heteroatoms. The lowest BCUT2D eigenvalue weighted by Crippen LogP contribution is -2.04. The molecule has 0 fully saturated rings. The number of alkyl halides is 3. The fourth-order valence-corrected chi connectivity index (χ4v) is 2.90. The van der Waals surface area contributed by atoms with Gasteiger partial charge in [-0.3, -0.25) is 4.79 Å². The Kier molecular flexibility index (Phi) is 3.59. The van der Waals surface area contributed by atoms with Gasteiger partial charge >= 0.3 is 6.18 Å². The van der Waals surface area contributed by atoms with Crippen LogP contribution in [0.15, 0.2) is 34.8 Å². The van der Waals surface area contributed by atoms with Gasteiger partial charge in [0.1, 0.15) is 0 Å². The van der Waals surface area contributed by atoms with Crippen LogP contribution in [0.5, 0.6) is 0 Å². The van der Waals surface area contributed by atoms with Crippen molar-refractivity contribution in [3.63, 3.8) is 0 Å². The van der Waals surface area contributed by atoms with E-state index in [9.17, 15) is 18.0 Å². The van der Waals surface area contributed by atoms with Gasteiger partial charge in [-0.05, 0) is 30.3 Å². The number of rotatable bonds is 2.